The van der Waals surface area contributed by atoms with E-state index in [4.69, 9.17) is 24.7 Å². The third kappa shape index (κ3) is 4.67. The molecule has 0 heterocycles. The van der Waals surface area contributed by atoms with Crippen LogP contribution in [0.4, 0.5) is 5.69 Å². The summed E-state index contributed by atoms with van der Waals surface area (Å²) in [4.78, 5) is 11.8. The second-order valence-corrected chi connectivity index (χ2v) is 6.12. The van der Waals surface area contributed by atoms with Crippen LogP contribution < -0.4 is 30.0 Å². The van der Waals surface area contributed by atoms with Gasteiger partial charge in [-0.05, 0) is 42.3 Å². The van der Waals surface area contributed by atoms with Gasteiger partial charge in [0.1, 0.15) is 5.75 Å². The number of hydrogen-bond acceptors (Lipinski definition) is 6. The van der Waals surface area contributed by atoms with E-state index >= 15 is 0 Å². The average Bonchev–Trinajstić information content (AvgIpc) is 2.73. The first kappa shape index (κ1) is 21.4. The minimum absolute atomic E-state index is 0.00193. The van der Waals surface area contributed by atoms with Crippen molar-refractivity contribution in [3.63, 3.8) is 0 Å². The molecule has 152 valence electrons. The molecule has 7 heteroatoms. The van der Waals surface area contributed by atoms with E-state index in [1.807, 2.05) is 37.3 Å². The zero-order valence-electron chi connectivity index (χ0n) is 17.0. The van der Waals surface area contributed by atoms with Crippen molar-refractivity contribution in [2.45, 2.75) is 19.8 Å². The first-order valence-electron chi connectivity index (χ1n) is 9.05. The minimum Gasteiger partial charge on any atom is -0.493 e. The number of rotatable bonds is 9. The van der Waals surface area contributed by atoms with Gasteiger partial charge in [0.05, 0.1) is 40.2 Å². The Balaban J connectivity index is 2.46. The van der Waals surface area contributed by atoms with Crippen LogP contribution in [-0.2, 0) is 4.79 Å². The summed E-state index contributed by atoms with van der Waals surface area (Å²) in [6.45, 7) is 4.34. The molecule has 0 bridgehead atoms. The van der Waals surface area contributed by atoms with Gasteiger partial charge in [-0.15, -0.1) is 0 Å². The van der Waals surface area contributed by atoms with Crippen molar-refractivity contribution >= 4 is 11.6 Å². The van der Waals surface area contributed by atoms with Crippen LogP contribution in [0.15, 0.2) is 30.3 Å². The third-order valence-electron chi connectivity index (χ3n) is 4.45. The summed E-state index contributed by atoms with van der Waals surface area (Å²) in [5, 5.41) is 2.80. The van der Waals surface area contributed by atoms with Gasteiger partial charge in [0.25, 0.3) is 0 Å². The SMILES string of the molecule is CCOc1ccc(C(C)c2cc(OC)c(OC)c(OC)c2)cc1NC(=O)CN. The lowest BCUT2D eigenvalue weighted by Crippen LogP contribution is -2.22. The van der Waals surface area contributed by atoms with Gasteiger partial charge < -0.3 is 30.0 Å². The molecule has 0 saturated heterocycles. The molecule has 0 aliphatic rings. The number of carbonyl (C=O) groups excluding carboxylic acids is 1. The van der Waals surface area contributed by atoms with Crippen molar-refractivity contribution < 1.29 is 23.7 Å². The Morgan fingerprint density at radius 3 is 2.14 bits per heavy atom. The topological polar surface area (TPSA) is 92.0 Å². The summed E-state index contributed by atoms with van der Waals surface area (Å²) in [6.07, 6.45) is 0. The summed E-state index contributed by atoms with van der Waals surface area (Å²) < 4.78 is 21.9. The fourth-order valence-corrected chi connectivity index (χ4v) is 2.94. The number of carbonyl (C=O) groups is 1. The van der Waals surface area contributed by atoms with Crippen LogP contribution in [0.1, 0.15) is 30.9 Å². The maximum Gasteiger partial charge on any atom is 0.238 e. The second kappa shape index (κ2) is 9.85. The summed E-state index contributed by atoms with van der Waals surface area (Å²) in [5.74, 6) is 2.04. The molecule has 2 aromatic carbocycles. The zero-order valence-corrected chi connectivity index (χ0v) is 17.0. The number of benzene rings is 2. The van der Waals surface area contributed by atoms with E-state index in [1.165, 1.54) is 0 Å². The normalized spacial score (nSPS) is 11.5. The smallest absolute Gasteiger partial charge is 0.238 e. The van der Waals surface area contributed by atoms with Crippen LogP contribution in [0.5, 0.6) is 23.0 Å². The fourth-order valence-electron chi connectivity index (χ4n) is 2.94. The van der Waals surface area contributed by atoms with Crippen LogP contribution >= 0.6 is 0 Å². The Morgan fingerprint density at radius 1 is 1.00 bits per heavy atom. The van der Waals surface area contributed by atoms with Crippen molar-refractivity contribution in [1.82, 2.24) is 0 Å². The van der Waals surface area contributed by atoms with Gasteiger partial charge in [0.15, 0.2) is 11.5 Å². The van der Waals surface area contributed by atoms with E-state index in [-0.39, 0.29) is 18.4 Å². The molecule has 1 unspecified atom stereocenters. The average molecular weight is 388 g/mol. The fraction of sp³-hybridized carbons (Fsp3) is 0.381. The van der Waals surface area contributed by atoms with E-state index in [0.717, 1.165) is 11.1 Å². The number of hydrogen-bond donors (Lipinski definition) is 2. The molecule has 0 spiro atoms. The van der Waals surface area contributed by atoms with Gasteiger partial charge in [0, 0.05) is 5.92 Å². The molecule has 0 fully saturated rings. The molecule has 0 saturated carbocycles. The molecule has 3 N–H and O–H groups in total. The maximum absolute atomic E-state index is 11.8. The van der Waals surface area contributed by atoms with Crippen LogP contribution in [0.2, 0.25) is 0 Å². The highest BCUT2D eigenvalue weighted by Crippen LogP contribution is 2.41. The van der Waals surface area contributed by atoms with E-state index < -0.39 is 0 Å². The molecule has 1 atom stereocenters. The quantitative estimate of drug-likeness (QED) is 0.686. The van der Waals surface area contributed by atoms with Crippen LogP contribution in [-0.4, -0.2) is 40.4 Å². The van der Waals surface area contributed by atoms with Gasteiger partial charge in [-0.25, -0.2) is 0 Å². The number of amides is 1. The van der Waals surface area contributed by atoms with Gasteiger partial charge in [-0.1, -0.05) is 13.0 Å². The molecule has 28 heavy (non-hydrogen) atoms. The second-order valence-electron chi connectivity index (χ2n) is 6.12. The summed E-state index contributed by atoms with van der Waals surface area (Å²) in [6, 6.07) is 9.55. The number of nitrogens with two attached hydrogens (primary N) is 1. The van der Waals surface area contributed by atoms with Crippen molar-refractivity contribution in [3.8, 4) is 23.0 Å². The number of ether oxygens (including phenoxy) is 4. The highest BCUT2D eigenvalue weighted by molar-refractivity contribution is 5.93. The van der Waals surface area contributed by atoms with Gasteiger partial charge in [0.2, 0.25) is 11.7 Å². The van der Waals surface area contributed by atoms with Crippen molar-refractivity contribution in [3.05, 3.63) is 41.5 Å². The Kier molecular flexibility index (Phi) is 7.52. The standard InChI is InChI=1S/C21H28N2O5/c1-6-28-17-8-7-14(9-16(17)23-20(24)12-22)13(2)15-10-18(25-3)21(27-5)19(11-15)26-4/h7-11,13H,6,12,22H2,1-5H3,(H,23,24). The third-order valence-corrected chi connectivity index (χ3v) is 4.45. The molecule has 2 aromatic rings. The maximum atomic E-state index is 11.8. The zero-order chi connectivity index (χ0) is 20.7. The Hall–Kier alpha value is -2.93. The molecule has 7 nitrogen and oxygen atoms in total. The highest BCUT2D eigenvalue weighted by Gasteiger charge is 2.19. The lowest BCUT2D eigenvalue weighted by atomic mass is 9.92. The first-order valence-corrected chi connectivity index (χ1v) is 9.05. The summed E-state index contributed by atoms with van der Waals surface area (Å²) in [5.41, 5.74) is 8.00. The molecule has 1 amide bonds. The predicted molar refractivity (Wildman–Crippen MR) is 109 cm³/mol. The number of anilines is 1. The summed E-state index contributed by atoms with van der Waals surface area (Å²) in [7, 11) is 4.74. The van der Waals surface area contributed by atoms with Crippen LogP contribution in [0.25, 0.3) is 0 Å². The predicted octanol–water partition coefficient (Wildman–Crippen LogP) is 3.16. The molecule has 0 radical (unpaired) electrons. The molecule has 2 rings (SSSR count). The van der Waals surface area contributed by atoms with E-state index in [0.29, 0.717) is 35.3 Å². The molecule has 0 aliphatic carbocycles. The Morgan fingerprint density at radius 2 is 1.64 bits per heavy atom. The molecular formula is C21H28N2O5. The van der Waals surface area contributed by atoms with Crippen molar-refractivity contribution in [1.29, 1.82) is 0 Å². The highest BCUT2D eigenvalue weighted by atomic mass is 16.5. The van der Waals surface area contributed by atoms with Crippen LogP contribution in [0, 0.1) is 0 Å². The van der Waals surface area contributed by atoms with Crippen molar-refractivity contribution in [2.24, 2.45) is 5.73 Å². The van der Waals surface area contributed by atoms with E-state index in [1.54, 1.807) is 21.3 Å². The first-order chi connectivity index (χ1) is 13.5. The monoisotopic (exact) mass is 388 g/mol. The molecule has 0 aliphatic heterocycles. The van der Waals surface area contributed by atoms with E-state index in [9.17, 15) is 4.79 Å². The van der Waals surface area contributed by atoms with E-state index in [2.05, 4.69) is 12.2 Å². The Labute approximate surface area is 165 Å². The number of methoxy groups -OCH3 is 3. The lowest BCUT2D eigenvalue weighted by molar-refractivity contribution is -0.114. The van der Waals surface area contributed by atoms with Gasteiger partial charge in [-0.2, -0.15) is 0 Å². The summed E-state index contributed by atoms with van der Waals surface area (Å²) >= 11 is 0. The van der Waals surface area contributed by atoms with Crippen molar-refractivity contribution in [2.75, 3.05) is 39.8 Å². The number of nitrogens with one attached hydrogen (secondary N) is 1. The lowest BCUT2D eigenvalue weighted by Gasteiger charge is -2.19. The molecular weight excluding hydrogens is 360 g/mol. The largest absolute Gasteiger partial charge is 0.493 e. The Bertz CT molecular complexity index is 797. The minimum atomic E-state index is -0.279. The van der Waals surface area contributed by atoms with Gasteiger partial charge >= 0.3 is 0 Å². The van der Waals surface area contributed by atoms with Gasteiger partial charge in [-0.3, -0.25) is 4.79 Å². The molecule has 0 aromatic heterocycles. The van der Waals surface area contributed by atoms with Crippen LogP contribution in [0.3, 0.4) is 0 Å².